The van der Waals surface area contributed by atoms with Gasteiger partial charge in [0.1, 0.15) is 0 Å². The third-order valence-corrected chi connectivity index (χ3v) is 7.26. The molecule has 2 bridgehead atoms. The number of aromatic nitrogens is 2. The summed E-state index contributed by atoms with van der Waals surface area (Å²) in [4.78, 5) is 38.3. The molecule has 1 aromatic rings. The molecule has 2 amide bonds. The van der Waals surface area contributed by atoms with Crippen LogP contribution in [-0.4, -0.2) is 38.7 Å². The van der Waals surface area contributed by atoms with E-state index in [-0.39, 0.29) is 35.4 Å². The first-order valence-corrected chi connectivity index (χ1v) is 11.4. The Morgan fingerprint density at radius 1 is 1.10 bits per heavy atom. The summed E-state index contributed by atoms with van der Waals surface area (Å²) in [6.45, 7) is 6.47. The Morgan fingerprint density at radius 3 is 2.32 bits per heavy atom. The van der Waals surface area contributed by atoms with Crippen LogP contribution in [0.2, 0.25) is 0 Å². The Morgan fingerprint density at radius 2 is 1.74 bits per heavy atom. The standard InChI is InChI=1S/C23H32N4O4/c1-4-27-11-16(20(26-27)22(29)24-13-7-5-6-8-13)25-21(28)18-14-9-10-15(17(14)12(2)3)19(18)23(30)31/h11,13-15,18-19H,4-10H2,1-3H3,(H,24,29)(H,25,28)(H,30,31)/t14-,15-,18-,19+/m0/s1. The van der Waals surface area contributed by atoms with E-state index in [0.717, 1.165) is 49.7 Å². The number of hydrogen-bond acceptors (Lipinski definition) is 4. The van der Waals surface area contributed by atoms with Crippen molar-refractivity contribution in [2.75, 3.05) is 5.32 Å². The minimum atomic E-state index is -0.922. The maximum Gasteiger partial charge on any atom is 0.307 e. The molecular formula is C23H32N4O4. The van der Waals surface area contributed by atoms with Gasteiger partial charge in [0, 0.05) is 18.8 Å². The van der Waals surface area contributed by atoms with E-state index in [1.807, 2.05) is 20.8 Å². The highest BCUT2D eigenvalue weighted by Crippen LogP contribution is 2.57. The lowest BCUT2D eigenvalue weighted by Gasteiger charge is -2.26. The summed E-state index contributed by atoms with van der Waals surface area (Å²) in [6, 6.07) is 0.144. The number of allylic oxidation sites excluding steroid dienone is 2. The van der Waals surface area contributed by atoms with Crippen molar-refractivity contribution in [3.05, 3.63) is 23.0 Å². The van der Waals surface area contributed by atoms with E-state index in [1.54, 1.807) is 10.9 Å². The SMILES string of the molecule is CCn1cc(NC(=O)[C@@H]2[C@H](C(=O)O)[C@H]3CC[C@H]2C3=C(C)C)c(C(=O)NC2CCCC2)n1. The Labute approximate surface area is 182 Å². The molecule has 4 atom stereocenters. The lowest BCUT2D eigenvalue weighted by Crippen LogP contribution is -2.38. The summed E-state index contributed by atoms with van der Waals surface area (Å²) >= 11 is 0. The van der Waals surface area contributed by atoms with Crippen molar-refractivity contribution >= 4 is 23.5 Å². The maximum absolute atomic E-state index is 13.3. The van der Waals surface area contributed by atoms with Crippen molar-refractivity contribution in [2.45, 2.75) is 71.9 Å². The number of nitrogens with one attached hydrogen (secondary N) is 2. The van der Waals surface area contributed by atoms with E-state index in [1.165, 1.54) is 0 Å². The van der Waals surface area contributed by atoms with E-state index in [0.29, 0.717) is 12.2 Å². The second kappa shape index (κ2) is 8.48. The van der Waals surface area contributed by atoms with Crippen LogP contribution in [0.15, 0.2) is 17.3 Å². The Hall–Kier alpha value is -2.64. The molecule has 0 unspecified atom stereocenters. The van der Waals surface area contributed by atoms with Gasteiger partial charge in [-0.3, -0.25) is 19.1 Å². The third-order valence-electron chi connectivity index (χ3n) is 7.26. The number of aliphatic carboxylic acids is 1. The Kier molecular flexibility index (Phi) is 5.90. The van der Waals surface area contributed by atoms with Crippen molar-refractivity contribution in [3.63, 3.8) is 0 Å². The molecule has 0 spiro atoms. The Bertz CT molecular complexity index is 924. The second-order valence-electron chi connectivity index (χ2n) is 9.33. The molecule has 0 aromatic carbocycles. The molecule has 1 aromatic heterocycles. The van der Waals surface area contributed by atoms with Gasteiger partial charge in [0.25, 0.3) is 5.91 Å². The minimum absolute atomic E-state index is 0.0481. The van der Waals surface area contributed by atoms with Crippen LogP contribution in [0.3, 0.4) is 0 Å². The topological polar surface area (TPSA) is 113 Å². The van der Waals surface area contributed by atoms with Crippen LogP contribution in [-0.2, 0) is 16.1 Å². The van der Waals surface area contributed by atoms with Crippen LogP contribution in [0.1, 0.15) is 69.8 Å². The molecule has 4 rings (SSSR count). The van der Waals surface area contributed by atoms with Crippen molar-refractivity contribution < 1.29 is 19.5 Å². The first-order chi connectivity index (χ1) is 14.8. The fourth-order valence-electron chi connectivity index (χ4n) is 5.99. The summed E-state index contributed by atoms with van der Waals surface area (Å²) < 4.78 is 1.62. The van der Waals surface area contributed by atoms with Crippen LogP contribution in [0.25, 0.3) is 0 Å². The van der Waals surface area contributed by atoms with Gasteiger partial charge in [0.05, 0.1) is 17.5 Å². The lowest BCUT2D eigenvalue weighted by atomic mass is 9.78. The van der Waals surface area contributed by atoms with Gasteiger partial charge in [-0.1, -0.05) is 24.0 Å². The molecule has 3 aliphatic rings. The number of aryl methyl sites for hydroxylation is 1. The van der Waals surface area contributed by atoms with Gasteiger partial charge < -0.3 is 15.7 Å². The molecule has 3 aliphatic carbocycles. The molecule has 0 radical (unpaired) electrons. The number of fused-ring (bicyclic) bond motifs is 2. The summed E-state index contributed by atoms with van der Waals surface area (Å²) in [5.41, 5.74) is 2.80. The normalized spacial score (nSPS) is 27.5. The van der Waals surface area contributed by atoms with Crippen molar-refractivity contribution in [3.8, 4) is 0 Å². The zero-order chi connectivity index (χ0) is 22.3. The predicted molar refractivity (Wildman–Crippen MR) is 115 cm³/mol. The molecule has 0 saturated heterocycles. The van der Waals surface area contributed by atoms with E-state index in [9.17, 15) is 19.5 Å². The highest BCUT2D eigenvalue weighted by molar-refractivity contribution is 6.04. The zero-order valence-corrected chi connectivity index (χ0v) is 18.5. The molecule has 8 heteroatoms. The van der Waals surface area contributed by atoms with Crippen molar-refractivity contribution in [1.29, 1.82) is 0 Å². The highest BCUT2D eigenvalue weighted by atomic mass is 16.4. The first-order valence-electron chi connectivity index (χ1n) is 11.4. The number of anilines is 1. The summed E-state index contributed by atoms with van der Waals surface area (Å²) in [6.07, 6.45) is 7.42. The monoisotopic (exact) mass is 428 g/mol. The van der Waals surface area contributed by atoms with Gasteiger partial charge in [0.2, 0.25) is 5.91 Å². The van der Waals surface area contributed by atoms with Crippen LogP contribution >= 0.6 is 0 Å². The summed E-state index contributed by atoms with van der Waals surface area (Å²) in [7, 11) is 0. The van der Waals surface area contributed by atoms with Gasteiger partial charge in [-0.25, -0.2) is 0 Å². The molecule has 0 aliphatic heterocycles. The van der Waals surface area contributed by atoms with E-state index in [4.69, 9.17) is 0 Å². The average Bonchev–Trinajstić information content (AvgIpc) is 3.49. The molecule has 3 N–H and O–H groups in total. The van der Waals surface area contributed by atoms with Crippen LogP contribution in [0.5, 0.6) is 0 Å². The van der Waals surface area contributed by atoms with Crippen LogP contribution < -0.4 is 10.6 Å². The molecule has 3 fully saturated rings. The zero-order valence-electron chi connectivity index (χ0n) is 18.5. The fraction of sp³-hybridized carbons (Fsp3) is 0.652. The number of rotatable bonds is 6. The van der Waals surface area contributed by atoms with Gasteiger partial charge in [-0.15, -0.1) is 0 Å². The van der Waals surface area contributed by atoms with E-state index in [2.05, 4.69) is 15.7 Å². The molecule has 168 valence electrons. The first kappa shape index (κ1) is 21.6. The van der Waals surface area contributed by atoms with Gasteiger partial charge in [0.15, 0.2) is 5.69 Å². The van der Waals surface area contributed by atoms with E-state index < -0.39 is 17.8 Å². The average molecular weight is 429 g/mol. The number of carboxylic acid groups (broad SMARTS) is 1. The predicted octanol–water partition coefficient (Wildman–Crippen LogP) is 3.21. The Balaban J connectivity index is 1.58. The summed E-state index contributed by atoms with van der Waals surface area (Å²) in [5.74, 6) is -3.02. The van der Waals surface area contributed by atoms with Gasteiger partial charge in [-0.2, -0.15) is 5.10 Å². The molecule has 31 heavy (non-hydrogen) atoms. The molecule has 8 nitrogen and oxygen atoms in total. The van der Waals surface area contributed by atoms with E-state index >= 15 is 0 Å². The quantitative estimate of drug-likeness (QED) is 0.602. The largest absolute Gasteiger partial charge is 0.481 e. The smallest absolute Gasteiger partial charge is 0.307 e. The molecule has 3 saturated carbocycles. The van der Waals surface area contributed by atoms with Gasteiger partial charge in [-0.05, 0) is 58.3 Å². The number of nitrogens with zero attached hydrogens (tertiary/aromatic N) is 2. The molecule has 1 heterocycles. The third kappa shape index (κ3) is 3.88. The maximum atomic E-state index is 13.3. The number of carbonyl (C=O) groups excluding carboxylic acids is 2. The second-order valence-corrected chi connectivity index (χ2v) is 9.33. The van der Waals surface area contributed by atoms with Crippen molar-refractivity contribution in [2.24, 2.45) is 23.7 Å². The number of amides is 2. The number of hydrogen-bond donors (Lipinski definition) is 3. The van der Waals surface area contributed by atoms with Crippen molar-refractivity contribution in [1.82, 2.24) is 15.1 Å². The lowest BCUT2D eigenvalue weighted by molar-refractivity contribution is -0.148. The number of carbonyl (C=O) groups is 3. The number of carboxylic acids is 1. The van der Waals surface area contributed by atoms with Crippen LogP contribution in [0.4, 0.5) is 5.69 Å². The molecular weight excluding hydrogens is 396 g/mol. The van der Waals surface area contributed by atoms with Crippen LogP contribution in [0, 0.1) is 23.7 Å². The summed E-state index contributed by atoms with van der Waals surface area (Å²) in [5, 5.41) is 20.1. The minimum Gasteiger partial charge on any atom is -0.481 e. The fourth-order valence-corrected chi connectivity index (χ4v) is 5.99. The highest BCUT2D eigenvalue weighted by Gasteiger charge is 2.57. The van der Waals surface area contributed by atoms with Gasteiger partial charge >= 0.3 is 5.97 Å².